The summed E-state index contributed by atoms with van der Waals surface area (Å²) in [6.45, 7) is 7.22. The van der Waals surface area contributed by atoms with Crippen LogP contribution in [0.2, 0.25) is 0 Å². The van der Waals surface area contributed by atoms with Crippen LogP contribution in [0.4, 0.5) is 4.79 Å². The molecule has 0 bridgehead atoms. The predicted octanol–water partition coefficient (Wildman–Crippen LogP) is 3.02. The fourth-order valence-electron chi connectivity index (χ4n) is 2.98. The fraction of sp³-hybridized carbons (Fsp3) is 0.421. The fourth-order valence-corrected chi connectivity index (χ4v) is 2.98. The standard InChI is InChI=1S/C19H24N4O2/c1-13(22-19(24)23-8-9-25-15(3)14(23)2)16-4-6-17(7-5-16)18-10-20-12-21-11-18/h4-7,10-15H,8-9H2,1-3H3,(H,22,24)/t13-,14+,15+/m0/s1. The molecule has 1 N–H and O–H groups in total. The Morgan fingerprint density at radius 1 is 1.20 bits per heavy atom. The molecule has 1 fully saturated rings. The minimum absolute atomic E-state index is 0.0457. The van der Waals surface area contributed by atoms with Crippen molar-refractivity contribution in [1.29, 1.82) is 0 Å². The average molecular weight is 340 g/mol. The zero-order valence-electron chi connectivity index (χ0n) is 14.8. The lowest BCUT2D eigenvalue weighted by atomic mass is 10.0. The van der Waals surface area contributed by atoms with Gasteiger partial charge in [-0.1, -0.05) is 24.3 Å². The molecule has 0 saturated carbocycles. The van der Waals surface area contributed by atoms with Crippen LogP contribution in [0.1, 0.15) is 32.4 Å². The second-order valence-electron chi connectivity index (χ2n) is 6.43. The van der Waals surface area contributed by atoms with Crippen LogP contribution in [0, 0.1) is 0 Å². The molecule has 1 aromatic carbocycles. The smallest absolute Gasteiger partial charge is 0.318 e. The number of hydrogen-bond acceptors (Lipinski definition) is 4. The number of morpholine rings is 1. The van der Waals surface area contributed by atoms with E-state index in [9.17, 15) is 4.79 Å². The van der Waals surface area contributed by atoms with Crippen molar-refractivity contribution in [3.05, 3.63) is 48.5 Å². The summed E-state index contributed by atoms with van der Waals surface area (Å²) >= 11 is 0. The molecule has 0 radical (unpaired) electrons. The van der Waals surface area contributed by atoms with Crippen LogP contribution < -0.4 is 5.32 Å². The van der Waals surface area contributed by atoms with Crippen molar-refractivity contribution in [2.75, 3.05) is 13.2 Å². The second-order valence-corrected chi connectivity index (χ2v) is 6.43. The van der Waals surface area contributed by atoms with E-state index in [1.165, 1.54) is 6.33 Å². The van der Waals surface area contributed by atoms with Crippen molar-refractivity contribution < 1.29 is 9.53 Å². The average Bonchev–Trinajstić information content (AvgIpc) is 2.64. The maximum absolute atomic E-state index is 12.6. The number of carbonyl (C=O) groups excluding carboxylic acids is 1. The van der Waals surface area contributed by atoms with Gasteiger partial charge in [0.1, 0.15) is 6.33 Å². The van der Waals surface area contributed by atoms with Crippen molar-refractivity contribution in [2.45, 2.75) is 39.0 Å². The highest BCUT2D eigenvalue weighted by Crippen LogP contribution is 2.21. The van der Waals surface area contributed by atoms with Crippen molar-refractivity contribution >= 4 is 6.03 Å². The van der Waals surface area contributed by atoms with Gasteiger partial charge < -0.3 is 15.0 Å². The number of carbonyl (C=O) groups is 1. The summed E-state index contributed by atoms with van der Waals surface area (Å²) in [5.74, 6) is 0. The van der Waals surface area contributed by atoms with Crippen molar-refractivity contribution in [3.8, 4) is 11.1 Å². The van der Waals surface area contributed by atoms with E-state index in [-0.39, 0.29) is 24.2 Å². The molecule has 6 nitrogen and oxygen atoms in total. The molecule has 25 heavy (non-hydrogen) atoms. The van der Waals surface area contributed by atoms with Gasteiger partial charge in [0.05, 0.1) is 24.8 Å². The number of nitrogens with zero attached hydrogens (tertiary/aromatic N) is 3. The minimum Gasteiger partial charge on any atom is -0.375 e. The molecule has 0 spiro atoms. The van der Waals surface area contributed by atoms with Crippen LogP contribution in [0.5, 0.6) is 0 Å². The maximum Gasteiger partial charge on any atom is 0.318 e. The molecule has 1 saturated heterocycles. The van der Waals surface area contributed by atoms with Crippen LogP contribution in [0.25, 0.3) is 11.1 Å². The Morgan fingerprint density at radius 2 is 1.88 bits per heavy atom. The largest absolute Gasteiger partial charge is 0.375 e. The van der Waals surface area contributed by atoms with Crippen molar-refractivity contribution in [3.63, 3.8) is 0 Å². The number of aromatic nitrogens is 2. The van der Waals surface area contributed by atoms with Gasteiger partial charge in [-0.2, -0.15) is 0 Å². The van der Waals surface area contributed by atoms with E-state index in [2.05, 4.69) is 15.3 Å². The molecule has 0 aliphatic carbocycles. The number of benzene rings is 1. The summed E-state index contributed by atoms with van der Waals surface area (Å²) in [5, 5.41) is 3.08. The second kappa shape index (κ2) is 7.61. The van der Waals surface area contributed by atoms with E-state index in [4.69, 9.17) is 4.74 Å². The van der Waals surface area contributed by atoms with Gasteiger partial charge in [-0.25, -0.2) is 14.8 Å². The summed E-state index contributed by atoms with van der Waals surface area (Å²) in [7, 11) is 0. The van der Waals surface area contributed by atoms with Gasteiger partial charge in [-0.3, -0.25) is 0 Å². The summed E-state index contributed by atoms with van der Waals surface area (Å²) in [4.78, 5) is 22.5. The Labute approximate surface area is 148 Å². The number of nitrogens with one attached hydrogen (secondary N) is 1. The maximum atomic E-state index is 12.6. The topological polar surface area (TPSA) is 67.4 Å². The van der Waals surface area contributed by atoms with Crippen LogP contribution in [-0.2, 0) is 4.74 Å². The summed E-state index contributed by atoms with van der Waals surface area (Å²) < 4.78 is 5.58. The highest BCUT2D eigenvalue weighted by molar-refractivity contribution is 5.75. The highest BCUT2D eigenvalue weighted by atomic mass is 16.5. The van der Waals surface area contributed by atoms with Crippen LogP contribution >= 0.6 is 0 Å². The third-order valence-corrected chi connectivity index (χ3v) is 4.79. The number of amides is 2. The SMILES string of the molecule is C[C@H](NC(=O)N1CCO[C@H](C)[C@H]1C)c1ccc(-c2cncnc2)cc1. The molecule has 3 rings (SSSR count). The molecule has 6 heteroatoms. The molecule has 2 aromatic rings. The zero-order chi connectivity index (χ0) is 17.8. The first-order chi connectivity index (χ1) is 12.1. The van der Waals surface area contributed by atoms with E-state index in [0.717, 1.165) is 16.7 Å². The van der Waals surface area contributed by atoms with Crippen LogP contribution in [0.3, 0.4) is 0 Å². The monoisotopic (exact) mass is 340 g/mol. The Hall–Kier alpha value is -2.47. The lowest BCUT2D eigenvalue weighted by molar-refractivity contribution is -0.0379. The summed E-state index contributed by atoms with van der Waals surface area (Å²) in [6.07, 6.45) is 5.15. The van der Waals surface area contributed by atoms with E-state index in [0.29, 0.717) is 13.2 Å². The zero-order valence-corrected chi connectivity index (χ0v) is 14.8. The van der Waals surface area contributed by atoms with Crippen LogP contribution in [0.15, 0.2) is 43.0 Å². The Morgan fingerprint density at radius 3 is 2.56 bits per heavy atom. The molecule has 3 atom stereocenters. The molecule has 132 valence electrons. The summed E-state index contributed by atoms with van der Waals surface area (Å²) in [5.41, 5.74) is 3.09. The van der Waals surface area contributed by atoms with E-state index >= 15 is 0 Å². The van der Waals surface area contributed by atoms with E-state index in [1.54, 1.807) is 12.4 Å². The predicted molar refractivity (Wildman–Crippen MR) is 96.0 cm³/mol. The molecule has 0 unspecified atom stereocenters. The van der Waals surface area contributed by atoms with Crippen molar-refractivity contribution in [2.24, 2.45) is 0 Å². The molecule has 1 aliphatic heterocycles. The Balaban J connectivity index is 1.65. The van der Waals surface area contributed by atoms with Crippen LogP contribution in [-0.4, -0.2) is 46.2 Å². The molecule has 1 aliphatic rings. The lowest BCUT2D eigenvalue weighted by Gasteiger charge is -2.38. The van der Waals surface area contributed by atoms with E-state index < -0.39 is 0 Å². The first-order valence-corrected chi connectivity index (χ1v) is 8.60. The van der Waals surface area contributed by atoms with Gasteiger partial charge in [0.25, 0.3) is 0 Å². The quantitative estimate of drug-likeness (QED) is 0.932. The first-order valence-electron chi connectivity index (χ1n) is 8.60. The van der Waals surface area contributed by atoms with E-state index in [1.807, 2.05) is 49.9 Å². The molecular formula is C19H24N4O2. The van der Waals surface area contributed by atoms with Gasteiger partial charge >= 0.3 is 6.03 Å². The van der Waals surface area contributed by atoms with Crippen molar-refractivity contribution in [1.82, 2.24) is 20.2 Å². The highest BCUT2D eigenvalue weighted by Gasteiger charge is 2.29. The Kier molecular flexibility index (Phi) is 5.28. The summed E-state index contributed by atoms with van der Waals surface area (Å²) in [6, 6.07) is 8.06. The third-order valence-electron chi connectivity index (χ3n) is 4.79. The van der Waals surface area contributed by atoms with Gasteiger partial charge in [0.2, 0.25) is 0 Å². The molecular weight excluding hydrogens is 316 g/mol. The van der Waals surface area contributed by atoms with Gasteiger partial charge in [0.15, 0.2) is 0 Å². The number of ether oxygens (including phenoxy) is 1. The normalized spacial score (nSPS) is 21.6. The molecule has 1 aromatic heterocycles. The molecule has 2 amide bonds. The number of hydrogen-bond donors (Lipinski definition) is 1. The first kappa shape index (κ1) is 17.4. The Bertz CT molecular complexity index is 705. The van der Waals surface area contributed by atoms with Gasteiger partial charge in [-0.15, -0.1) is 0 Å². The lowest BCUT2D eigenvalue weighted by Crippen LogP contribution is -2.54. The van der Waals surface area contributed by atoms with Gasteiger partial charge in [-0.05, 0) is 31.9 Å². The molecule has 2 heterocycles. The number of urea groups is 1. The minimum atomic E-state index is -0.0704. The third kappa shape index (κ3) is 3.96. The van der Waals surface area contributed by atoms with Gasteiger partial charge in [0, 0.05) is 24.5 Å². The number of rotatable bonds is 3.